The van der Waals surface area contributed by atoms with Crippen LogP contribution in [0.3, 0.4) is 0 Å². The number of carboxylic acid groups (broad SMARTS) is 1. The number of nitrogens with two attached hydrogens (primary N) is 1. The first-order chi connectivity index (χ1) is 19.1. The fraction of sp³-hybridized carbons (Fsp3) is 0.500. The molecule has 1 fully saturated rings. The molecule has 0 aliphatic carbocycles. The Bertz CT molecular complexity index is 1050. The lowest BCUT2D eigenvalue weighted by Gasteiger charge is -2.44. The Hall–Kier alpha value is -3.32. The molecule has 2 unspecified atom stereocenters. The average molecular weight is 596 g/mol. The van der Waals surface area contributed by atoms with E-state index in [1.54, 1.807) is 7.11 Å². The fourth-order valence-corrected chi connectivity index (χ4v) is 4.42. The van der Waals surface area contributed by atoms with Crippen molar-refractivity contribution in [1.82, 2.24) is 0 Å². The van der Waals surface area contributed by atoms with E-state index >= 15 is 0 Å². The Morgan fingerprint density at radius 1 is 0.902 bits per heavy atom. The van der Waals surface area contributed by atoms with Crippen LogP contribution in [0.2, 0.25) is 0 Å². The van der Waals surface area contributed by atoms with Crippen LogP contribution in [0.5, 0.6) is 5.75 Å². The zero-order chi connectivity index (χ0) is 31.1. The van der Waals surface area contributed by atoms with Gasteiger partial charge in [0.2, 0.25) is 0 Å². The van der Waals surface area contributed by atoms with E-state index in [9.17, 15) is 31.1 Å². The second-order valence-electron chi connectivity index (χ2n) is 9.58. The number of halogens is 6. The summed E-state index contributed by atoms with van der Waals surface area (Å²) in [5.74, 6) is -3.99. The van der Waals surface area contributed by atoms with E-state index in [2.05, 4.69) is 59.3 Å². The summed E-state index contributed by atoms with van der Waals surface area (Å²) in [7, 11) is 2.39. The number of methoxy groups -OCH3 is 2. The van der Waals surface area contributed by atoms with Crippen molar-refractivity contribution in [3.05, 3.63) is 65.7 Å². The highest BCUT2D eigenvalue weighted by Crippen LogP contribution is 2.22. The molecular formula is C28H37F6N2O5+. The van der Waals surface area contributed by atoms with Crippen LogP contribution >= 0.6 is 0 Å². The number of quaternary nitrogens is 1. The number of hydrogen-bond donors (Lipinski definition) is 2. The molecule has 1 saturated heterocycles. The van der Waals surface area contributed by atoms with Gasteiger partial charge in [0.1, 0.15) is 5.75 Å². The van der Waals surface area contributed by atoms with Crippen LogP contribution in [0.4, 0.5) is 26.3 Å². The second-order valence-corrected chi connectivity index (χ2v) is 9.58. The standard InChI is InChI=1S/C23H33N2O.C3H3F3O2.C2HF3O2/c1-26-23-13-11-21(12-14-23)9-5-16-25(17-6-10-22(24)19-25)18-15-20-7-3-2-4-8-20;1-8-2(7)3(4,5)6;3-2(4,5)1(6)7/h2-4,7-8,11-14,22H,5-6,9-10,15-19,24H2,1H3;1H3;(H,6,7)/q+1;;. The van der Waals surface area contributed by atoms with Crippen LogP contribution in [0, 0.1) is 0 Å². The van der Waals surface area contributed by atoms with Gasteiger partial charge in [-0.1, -0.05) is 42.5 Å². The van der Waals surface area contributed by atoms with Crippen molar-refractivity contribution in [2.75, 3.05) is 40.4 Å². The maximum absolute atomic E-state index is 11.0. The van der Waals surface area contributed by atoms with Gasteiger partial charge in [-0.15, -0.1) is 0 Å². The number of carboxylic acids is 1. The molecule has 0 saturated carbocycles. The molecule has 1 heterocycles. The molecule has 1 aliphatic heterocycles. The quantitative estimate of drug-likeness (QED) is 0.249. The molecular weight excluding hydrogens is 558 g/mol. The highest BCUT2D eigenvalue weighted by molar-refractivity contribution is 5.75. The summed E-state index contributed by atoms with van der Waals surface area (Å²) < 4.78 is 74.5. The zero-order valence-corrected chi connectivity index (χ0v) is 23.0. The molecule has 13 heteroatoms. The van der Waals surface area contributed by atoms with E-state index in [1.807, 2.05) is 0 Å². The molecule has 41 heavy (non-hydrogen) atoms. The smallest absolute Gasteiger partial charge is 0.490 e. The molecule has 3 N–H and O–H groups in total. The molecule has 2 atom stereocenters. The van der Waals surface area contributed by atoms with Crippen molar-refractivity contribution in [2.24, 2.45) is 5.73 Å². The third-order valence-electron chi connectivity index (χ3n) is 6.46. The minimum Gasteiger partial charge on any atom is -0.497 e. The molecule has 0 aromatic heterocycles. The fourth-order valence-electron chi connectivity index (χ4n) is 4.42. The minimum absolute atomic E-state index is 0.362. The van der Waals surface area contributed by atoms with Crippen molar-refractivity contribution < 1.29 is 55.0 Å². The van der Waals surface area contributed by atoms with Gasteiger partial charge in [-0.2, -0.15) is 26.3 Å². The lowest BCUT2D eigenvalue weighted by molar-refractivity contribution is -0.933. The summed E-state index contributed by atoms with van der Waals surface area (Å²) in [4.78, 5) is 18.4. The number of carbonyl (C=O) groups excluding carboxylic acids is 1. The Morgan fingerprint density at radius 3 is 1.90 bits per heavy atom. The molecule has 0 amide bonds. The monoisotopic (exact) mass is 595 g/mol. The van der Waals surface area contributed by atoms with Gasteiger partial charge in [-0.05, 0) is 42.5 Å². The predicted molar refractivity (Wildman–Crippen MR) is 140 cm³/mol. The zero-order valence-electron chi connectivity index (χ0n) is 23.0. The highest BCUT2D eigenvalue weighted by Gasteiger charge is 2.40. The number of aliphatic carboxylic acids is 1. The van der Waals surface area contributed by atoms with E-state index in [4.69, 9.17) is 20.4 Å². The van der Waals surface area contributed by atoms with Gasteiger partial charge in [0, 0.05) is 12.8 Å². The number of benzene rings is 2. The third-order valence-corrected chi connectivity index (χ3v) is 6.46. The van der Waals surface area contributed by atoms with E-state index in [0.29, 0.717) is 13.2 Å². The number of hydrogen-bond acceptors (Lipinski definition) is 5. The molecule has 3 rings (SSSR count). The first-order valence-corrected chi connectivity index (χ1v) is 12.8. The largest absolute Gasteiger partial charge is 0.497 e. The number of nitrogens with zero attached hydrogens (tertiary/aromatic N) is 1. The van der Waals surface area contributed by atoms with Gasteiger partial charge in [0.25, 0.3) is 0 Å². The van der Waals surface area contributed by atoms with Crippen LogP contribution < -0.4 is 10.5 Å². The van der Waals surface area contributed by atoms with Gasteiger partial charge in [0.15, 0.2) is 0 Å². The Labute approximate surface area is 235 Å². The number of piperidine rings is 1. The summed E-state index contributed by atoms with van der Waals surface area (Å²) in [5, 5.41) is 7.12. The SMILES string of the molecule is COC(=O)C(F)(F)F.COc1ccc(CCC[N+]2(CCc3ccccc3)CCCC(N)C2)cc1.O=C(O)C(F)(F)F. The van der Waals surface area contributed by atoms with Gasteiger partial charge in [-0.3, -0.25) is 0 Å². The van der Waals surface area contributed by atoms with E-state index < -0.39 is 24.3 Å². The average Bonchev–Trinajstić information content (AvgIpc) is 2.92. The van der Waals surface area contributed by atoms with Crippen LogP contribution in [-0.2, 0) is 27.2 Å². The number of carbonyl (C=O) groups is 2. The Morgan fingerprint density at radius 2 is 1.46 bits per heavy atom. The highest BCUT2D eigenvalue weighted by atomic mass is 19.4. The lowest BCUT2D eigenvalue weighted by Crippen LogP contribution is -2.59. The summed E-state index contributed by atoms with van der Waals surface area (Å²) in [5.41, 5.74) is 9.20. The van der Waals surface area contributed by atoms with Gasteiger partial charge < -0.3 is 24.8 Å². The number of aryl methyl sites for hydroxylation is 1. The lowest BCUT2D eigenvalue weighted by atomic mass is 10.00. The summed E-state index contributed by atoms with van der Waals surface area (Å²) >= 11 is 0. The van der Waals surface area contributed by atoms with E-state index in [-0.39, 0.29) is 0 Å². The van der Waals surface area contributed by atoms with E-state index in [0.717, 1.165) is 25.1 Å². The molecule has 7 nitrogen and oxygen atoms in total. The summed E-state index contributed by atoms with van der Waals surface area (Å²) in [6, 6.07) is 19.7. The molecule has 0 radical (unpaired) electrons. The van der Waals surface area contributed by atoms with E-state index in [1.165, 1.54) is 54.5 Å². The van der Waals surface area contributed by atoms with Crippen molar-refractivity contribution in [3.63, 3.8) is 0 Å². The minimum atomic E-state index is -5.08. The molecule has 0 spiro atoms. The van der Waals surface area contributed by atoms with Crippen LogP contribution in [0.15, 0.2) is 54.6 Å². The number of likely N-dealkylation sites (tertiary alicyclic amines) is 1. The summed E-state index contributed by atoms with van der Waals surface area (Å²) in [6.45, 7) is 4.85. The van der Waals surface area contributed by atoms with Crippen molar-refractivity contribution >= 4 is 11.9 Å². The van der Waals surface area contributed by atoms with Crippen molar-refractivity contribution in [3.8, 4) is 5.75 Å². The van der Waals surface area contributed by atoms with Crippen molar-refractivity contribution in [2.45, 2.75) is 50.5 Å². The normalized spacial score (nSPS) is 18.6. The third kappa shape index (κ3) is 14.2. The summed E-state index contributed by atoms with van der Waals surface area (Å²) in [6.07, 6.45) is -3.99. The molecule has 2 aromatic carbocycles. The predicted octanol–water partition coefficient (Wildman–Crippen LogP) is 5.16. The first kappa shape index (κ1) is 35.7. The topological polar surface area (TPSA) is 98.9 Å². The number of alkyl halides is 6. The van der Waals surface area contributed by atoms with Crippen LogP contribution in [0.25, 0.3) is 0 Å². The number of rotatable bonds is 8. The van der Waals surface area contributed by atoms with Gasteiger partial charge in [0.05, 0.1) is 46.4 Å². The molecule has 0 bridgehead atoms. The van der Waals surface area contributed by atoms with Crippen LogP contribution in [-0.4, -0.2) is 80.3 Å². The molecule has 230 valence electrons. The number of ether oxygens (including phenoxy) is 2. The van der Waals surface area contributed by atoms with Gasteiger partial charge in [-0.25, -0.2) is 9.59 Å². The Balaban J connectivity index is 0.000000462. The molecule has 1 aliphatic rings. The molecule has 2 aromatic rings. The van der Waals surface area contributed by atoms with Gasteiger partial charge >= 0.3 is 24.3 Å². The van der Waals surface area contributed by atoms with Crippen molar-refractivity contribution in [1.29, 1.82) is 0 Å². The maximum atomic E-state index is 11.0. The number of esters is 1. The second kappa shape index (κ2) is 16.8. The first-order valence-electron chi connectivity index (χ1n) is 12.8. The van der Waals surface area contributed by atoms with Crippen LogP contribution in [0.1, 0.15) is 30.4 Å². The maximum Gasteiger partial charge on any atom is 0.490 e. The Kier molecular flexibility index (Phi) is 14.7.